The molecule has 0 atom stereocenters. The number of hydrogen-bond acceptors (Lipinski definition) is 12. The highest BCUT2D eigenvalue weighted by Crippen LogP contribution is 2.41. The molecule has 5 rings (SSSR count). The highest BCUT2D eigenvalue weighted by Gasteiger charge is 2.38. The van der Waals surface area contributed by atoms with Crippen molar-refractivity contribution in [1.82, 2.24) is 9.97 Å². The van der Waals surface area contributed by atoms with Gasteiger partial charge in [-0.15, -0.1) is 0 Å². The van der Waals surface area contributed by atoms with Crippen molar-refractivity contribution in [3.05, 3.63) is 86.0 Å². The first kappa shape index (κ1) is 26.9. The normalized spacial score (nSPS) is 12.8. The number of rotatable bonds is 8. The monoisotopic (exact) mass is 580 g/mol. The molecule has 17 heteroatoms. The largest absolute Gasteiger partial charge is 0.481 e. The van der Waals surface area contributed by atoms with Crippen molar-refractivity contribution in [2.75, 3.05) is 23.8 Å². The fraction of sp³-hybridized carbons (Fsp3) is 0.0833. The molecule has 1 aliphatic heterocycles. The smallest absolute Gasteiger partial charge is 0.321 e. The first-order chi connectivity index (χ1) is 19.5. The first-order valence-corrected chi connectivity index (χ1v) is 12.8. The zero-order chi connectivity index (χ0) is 29.6. The van der Waals surface area contributed by atoms with Crippen LogP contribution in [0.15, 0.2) is 59.5 Å². The van der Waals surface area contributed by atoms with Gasteiger partial charge in [0.05, 0.1) is 34.6 Å². The van der Waals surface area contributed by atoms with E-state index in [1.54, 1.807) is 0 Å². The van der Waals surface area contributed by atoms with E-state index in [1.807, 2.05) is 0 Å². The molecule has 0 saturated carbocycles. The number of amides is 2. The minimum absolute atomic E-state index is 0.0140. The Morgan fingerprint density at radius 3 is 1.85 bits per heavy atom. The molecule has 0 saturated heterocycles. The van der Waals surface area contributed by atoms with Gasteiger partial charge in [-0.2, -0.15) is 9.97 Å². The van der Waals surface area contributed by atoms with E-state index in [0.717, 1.165) is 41.3 Å². The summed E-state index contributed by atoms with van der Waals surface area (Å²) in [6.07, 6.45) is 0. The molecule has 2 amide bonds. The van der Waals surface area contributed by atoms with Crippen LogP contribution in [0.1, 0.15) is 20.7 Å². The lowest BCUT2D eigenvalue weighted by Crippen LogP contribution is -2.40. The fourth-order valence-corrected chi connectivity index (χ4v) is 5.30. The van der Waals surface area contributed by atoms with Crippen molar-refractivity contribution >= 4 is 55.5 Å². The molecular formula is C24H16N6O10S. The van der Waals surface area contributed by atoms with Gasteiger partial charge in [-0.05, 0) is 36.4 Å². The third kappa shape index (κ3) is 4.48. The second kappa shape index (κ2) is 9.79. The fourth-order valence-electron chi connectivity index (χ4n) is 4.31. The van der Waals surface area contributed by atoms with Crippen LogP contribution in [-0.2, 0) is 10.0 Å². The summed E-state index contributed by atoms with van der Waals surface area (Å²) in [5, 5.41) is 22.5. The highest BCUT2D eigenvalue weighted by molar-refractivity contribution is 7.92. The van der Waals surface area contributed by atoms with Crippen LogP contribution in [-0.4, -0.2) is 54.3 Å². The lowest BCUT2D eigenvalue weighted by Gasteiger charge is -2.27. The quantitative estimate of drug-likeness (QED) is 0.181. The Morgan fingerprint density at radius 2 is 1.37 bits per heavy atom. The summed E-state index contributed by atoms with van der Waals surface area (Å²) in [4.78, 5) is 56.6. The van der Waals surface area contributed by atoms with Crippen molar-refractivity contribution < 1.29 is 37.3 Å². The standard InChI is InChI=1S/C24H16N6O10S/c1-39-19-11-18(25-24(26-19)40-2)27-41(37,38)13-5-3-12(4-6-13)28-22(31)14-7-9-16(29(33)34)21-17(30(35)36)10-8-15(20(14)21)23(28)32/h3-11H,1-2H3,(H,25,26,27). The summed E-state index contributed by atoms with van der Waals surface area (Å²) < 4.78 is 38.1. The van der Waals surface area contributed by atoms with Gasteiger partial charge in [0.2, 0.25) is 5.88 Å². The second-order valence-corrected chi connectivity index (χ2v) is 10.0. The summed E-state index contributed by atoms with van der Waals surface area (Å²) in [7, 11) is -1.60. The van der Waals surface area contributed by atoms with Crippen molar-refractivity contribution in [3.8, 4) is 11.9 Å². The Balaban J connectivity index is 1.52. The summed E-state index contributed by atoms with van der Waals surface area (Å²) in [6, 6.07) is 9.93. The average molecular weight is 580 g/mol. The van der Waals surface area contributed by atoms with E-state index in [1.165, 1.54) is 32.4 Å². The maximum atomic E-state index is 13.4. The van der Waals surface area contributed by atoms with E-state index in [4.69, 9.17) is 9.47 Å². The van der Waals surface area contributed by atoms with Crippen molar-refractivity contribution in [3.63, 3.8) is 0 Å². The number of sulfonamides is 1. The number of carbonyl (C=O) groups excluding carboxylic acids is 2. The Hall–Kier alpha value is -5.71. The molecule has 0 unspecified atom stereocenters. The molecule has 0 radical (unpaired) electrons. The van der Waals surface area contributed by atoms with Gasteiger partial charge in [-0.3, -0.25) is 34.5 Å². The lowest BCUT2D eigenvalue weighted by atomic mass is 9.91. The molecule has 1 aliphatic rings. The lowest BCUT2D eigenvalue weighted by molar-refractivity contribution is -0.390. The third-order valence-electron chi connectivity index (χ3n) is 6.10. The Bertz CT molecular complexity index is 1820. The molecule has 0 aliphatic carbocycles. The number of nitro groups is 2. The van der Waals surface area contributed by atoms with E-state index in [-0.39, 0.29) is 44.8 Å². The van der Waals surface area contributed by atoms with Gasteiger partial charge < -0.3 is 9.47 Å². The van der Waals surface area contributed by atoms with Crippen molar-refractivity contribution in [2.24, 2.45) is 0 Å². The summed E-state index contributed by atoms with van der Waals surface area (Å²) in [5.74, 6) is -1.92. The van der Waals surface area contributed by atoms with E-state index in [0.29, 0.717) is 0 Å². The summed E-state index contributed by atoms with van der Waals surface area (Å²) in [5.41, 5.74) is -1.62. The van der Waals surface area contributed by atoms with E-state index >= 15 is 0 Å². The second-order valence-electron chi connectivity index (χ2n) is 8.36. The third-order valence-corrected chi connectivity index (χ3v) is 7.47. The molecule has 16 nitrogen and oxygen atoms in total. The van der Waals surface area contributed by atoms with Gasteiger partial charge in [0.1, 0.15) is 5.39 Å². The van der Waals surface area contributed by atoms with Gasteiger partial charge in [0.25, 0.3) is 33.2 Å². The van der Waals surface area contributed by atoms with Gasteiger partial charge >= 0.3 is 6.01 Å². The predicted octanol–water partition coefficient (Wildman–Crippen LogP) is 3.06. The molecule has 0 fully saturated rings. The van der Waals surface area contributed by atoms with Crippen LogP contribution in [0.25, 0.3) is 10.8 Å². The van der Waals surface area contributed by atoms with Gasteiger partial charge in [0.15, 0.2) is 5.82 Å². The van der Waals surface area contributed by atoms with Gasteiger partial charge in [-0.1, -0.05) is 0 Å². The van der Waals surface area contributed by atoms with Crippen molar-refractivity contribution in [1.29, 1.82) is 0 Å². The molecule has 1 aromatic heterocycles. The summed E-state index contributed by atoms with van der Waals surface area (Å²) >= 11 is 0. The Labute approximate surface area is 229 Å². The maximum Gasteiger partial charge on any atom is 0.321 e. The topological polar surface area (TPSA) is 214 Å². The van der Waals surface area contributed by atoms with Crippen molar-refractivity contribution in [2.45, 2.75) is 4.90 Å². The van der Waals surface area contributed by atoms with Crippen LogP contribution < -0.4 is 19.1 Å². The molecule has 208 valence electrons. The SMILES string of the molecule is COc1cc(NS(=O)(=O)c2ccc(N3C(=O)c4ccc([N+](=O)[O-])c5c([N+](=O)[O-])ccc(c45)C3=O)cc2)nc(OC)n1. The molecular weight excluding hydrogens is 564 g/mol. The molecule has 41 heavy (non-hydrogen) atoms. The molecule has 1 N–H and O–H groups in total. The number of aromatic nitrogens is 2. The number of non-ortho nitro benzene ring substituents is 2. The van der Waals surface area contributed by atoms with E-state index < -0.39 is 48.4 Å². The van der Waals surface area contributed by atoms with E-state index in [9.17, 15) is 38.2 Å². The predicted molar refractivity (Wildman–Crippen MR) is 141 cm³/mol. The van der Waals surface area contributed by atoms with Crippen LogP contribution in [0.4, 0.5) is 22.9 Å². The maximum absolute atomic E-state index is 13.4. The molecule has 0 spiro atoms. The van der Waals surface area contributed by atoms with Crippen LogP contribution in [0.2, 0.25) is 0 Å². The van der Waals surface area contributed by atoms with Gasteiger partial charge in [-0.25, -0.2) is 13.3 Å². The molecule has 4 aromatic rings. The zero-order valence-electron chi connectivity index (χ0n) is 20.9. The molecule has 0 bridgehead atoms. The number of ether oxygens (including phenoxy) is 2. The van der Waals surface area contributed by atoms with Gasteiger partial charge in [0, 0.05) is 34.7 Å². The number of hydrogen-bond donors (Lipinski definition) is 1. The molecule has 2 heterocycles. The van der Waals surface area contributed by atoms with Crippen LogP contribution in [0.3, 0.4) is 0 Å². The first-order valence-electron chi connectivity index (χ1n) is 11.3. The minimum Gasteiger partial charge on any atom is -0.481 e. The van der Waals surface area contributed by atoms with E-state index in [2.05, 4.69) is 14.7 Å². The van der Waals surface area contributed by atoms with Crippen LogP contribution >= 0.6 is 0 Å². The molecule has 3 aromatic carbocycles. The number of nitro benzene ring substituents is 2. The zero-order valence-corrected chi connectivity index (χ0v) is 21.7. The minimum atomic E-state index is -4.21. The highest BCUT2D eigenvalue weighted by atomic mass is 32.2. The number of imide groups is 1. The van der Waals surface area contributed by atoms with Crippen LogP contribution in [0, 0.1) is 20.2 Å². The number of nitrogens with zero attached hydrogens (tertiary/aromatic N) is 5. The summed E-state index contributed by atoms with van der Waals surface area (Å²) in [6.45, 7) is 0. The van der Waals surface area contributed by atoms with Crippen LogP contribution in [0.5, 0.6) is 11.9 Å². The number of benzene rings is 3. The number of carbonyl (C=O) groups is 2. The number of anilines is 2. The number of methoxy groups -OCH3 is 2. The number of nitrogens with one attached hydrogen (secondary N) is 1. The average Bonchev–Trinajstić information content (AvgIpc) is 2.94. The Kier molecular flexibility index (Phi) is 6.42. The Morgan fingerprint density at radius 1 is 0.805 bits per heavy atom.